The Kier molecular flexibility index (Phi) is 13.6. The van der Waals surface area contributed by atoms with Crippen LogP contribution in [-0.4, -0.2) is 74.9 Å². The Balaban J connectivity index is 1.43. The van der Waals surface area contributed by atoms with Gasteiger partial charge in [-0.3, -0.25) is 14.9 Å². The van der Waals surface area contributed by atoms with E-state index in [0.717, 1.165) is 31.2 Å². The van der Waals surface area contributed by atoms with Crippen molar-refractivity contribution in [3.63, 3.8) is 0 Å². The highest BCUT2D eigenvalue weighted by molar-refractivity contribution is 5.95. The molecule has 2 amide bonds. The smallest absolute Gasteiger partial charge is 0.329 e. The second kappa shape index (κ2) is 18.3. The summed E-state index contributed by atoms with van der Waals surface area (Å²) in [6, 6.07) is 19.9. The van der Waals surface area contributed by atoms with Crippen molar-refractivity contribution in [2.24, 2.45) is 0 Å². The fourth-order valence-electron chi connectivity index (χ4n) is 5.75. The summed E-state index contributed by atoms with van der Waals surface area (Å²) in [7, 11) is 7.81. The van der Waals surface area contributed by atoms with Crippen LogP contribution in [0.2, 0.25) is 0 Å². The van der Waals surface area contributed by atoms with Gasteiger partial charge in [0.05, 0.1) is 33.6 Å². The molecule has 4 rings (SSSR count). The van der Waals surface area contributed by atoms with Crippen LogP contribution in [0.1, 0.15) is 48.3 Å². The van der Waals surface area contributed by atoms with Crippen LogP contribution in [0, 0.1) is 0 Å². The van der Waals surface area contributed by atoms with Crippen LogP contribution in [0.5, 0.6) is 17.2 Å². The molecule has 0 radical (unpaired) electrons. The summed E-state index contributed by atoms with van der Waals surface area (Å²) in [5.74, 6) is 1.07. The van der Waals surface area contributed by atoms with Gasteiger partial charge in [0.2, 0.25) is 5.75 Å². The number of pyridine rings is 2. The highest BCUT2D eigenvalue weighted by Gasteiger charge is 2.31. The van der Waals surface area contributed by atoms with Crippen LogP contribution in [0.25, 0.3) is 0 Å². The molecule has 0 aliphatic carbocycles. The van der Waals surface area contributed by atoms with Gasteiger partial charge in [-0.05, 0) is 66.8 Å². The van der Waals surface area contributed by atoms with E-state index in [4.69, 9.17) is 18.9 Å². The number of urea groups is 1. The molecule has 254 valence electrons. The molecule has 4 aromatic rings. The molecule has 2 aromatic heterocycles. The standard InChI is InChI=1S/C38H46N4O6/c1-41(32-24-34(45-3)36(47-5)35(25-32)46-4)38(44)42(2)33(23-28-13-7-6-8-14-28)37(43)48-22-12-19-30(31-18-11-21-40-27-31)17-9-15-29-16-10-20-39-26-29/h6-8,10-11,13-14,16,18,20-21,24-27,30,33H,9,12,15,17,19,22-23H2,1-5H3. The Labute approximate surface area is 283 Å². The SMILES string of the molecule is COc1cc(N(C)C(=O)N(C)C(Cc2ccccc2)C(=O)OCCCC(CCCc2cccnc2)c2cccnc2)cc(OC)c1OC. The zero-order chi connectivity index (χ0) is 34.3. The minimum Gasteiger partial charge on any atom is -0.493 e. The lowest BCUT2D eigenvalue weighted by Gasteiger charge is -2.31. The first-order valence-electron chi connectivity index (χ1n) is 16.2. The van der Waals surface area contributed by atoms with E-state index in [9.17, 15) is 9.59 Å². The van der Waals surface area contributed by atoms with E-state index in [1.807, 2.05) is 54.9 Å². The van der Waals surface area contributed by atoms with Gasteiger partial charge >= 0.3 is 12.0 Å². The topological polar surface area (TPSA) is 103 Å². The number of likely N-dealkylation sites (N-methyl/N-ethyl adjacent to an activating group) is 1. The molecule has 10 heteroatoms. The van der Waals surface area contributed by atoms with Crippen LogP contribution in [0.15, 0.2) is 91.5 Å². The molecule has 0 fully saturated rings. The first kappa shape index (κ1) is 35.7. The number of esters is 1. The number of methoxy groups -OCH3 is 3. The Morgan fingerprint density at radius 2 is 1.42 bits per heavy atom. The van der Waals surface area contributed by atoms with Crippen molar-refractivity contribution in [3.8, 4) is 17.2 Å². The van der Waals surface area contributed by atoms with Gasteiger partial charge in [0.1, 0.15) is 6.04 Å². The number of benzene rings is 2. The highest BCUT2D eigenvalue weighted by atomic mass is 16.5. The predicted molar refractivity (Wildman–Crippen MR) is 186 cm³/mol. The Morgan fingerprint density at radius 1 is 0.771 bits per heavy atom. The zero-order valence-electron chi connectivity index (χ0n) is 28.5. The summed E-state index contributed by atoms with van der Waals surface area (Å²) < 4.78 is 22.3. The maximum absolute atomic E-state index is 13.8. The van der Waals surface area contributed by atoms with Crippen molar-refractivity contribution >= 4 is 17.7 Å². The number of ether oxygens (including phenoxy) is 4. The van der Waals surface area contributed by atoms with Crippen molar-refractivity contribution in [2.45, 2.75) is 50.5 Å². The maximum Gasteiger partial charge on any atom is 0.329 e. The number of hydrogen-bond acceptors (Lipinski definition) is 8. The molecule has 0 saturated carbocycles. The number of hydrogen-bond donors (Lipinski definition) is 0. The molecule has 48 heavy (non-hydrogen) atoms. The maximum atomic E-state index is 13.8. The summed E-state index contributed by atoms with van der Waals surface area (Å²) in [6.45, 7) is 0.244. The highest BCUT2D eigenvalue weighted by Crippen LogP contribution is 2.41. The average molecular weight is 655 g/mol. The van der Waals surface area contributed by atoms with Crippen molar-refractivity contribution < 1.29 is 28.5 Å². The van der Waals surface area contributed by atoms with Gasteiger partial charge in [0.25, 0.3) is 0 Å². The quantitative estimate of drug-likeness (QED) is 0.0912. The van der Waals surface area contributed by atoms with Crippen LogP contribution < -0.4 is 19.1 Å². The Hall–Kier alpha value is -5.12. The van der Waals surface area contributed by atoms with Crippen molar-refractivity contribution in [1.29, 1.82) is 0 Å². The molecule has 2 unspecified atom stereocenters. The second-order valence-corrected chi connectivity index (χ2v) is 11.6. The van der Waals surface area contributed by atoms with Crippen molar-refractivity contribution in [3.05, 3.63) is 108 Å². The largest absolute Gasteiger partial charge is 0.493 e. The first-order chi connectivity index (χ1) is 23.4. The van der Waals surface area contributed by atoms with Gasteiger partial charge in [-0.25, -0.2) is 9.59 Å². The lowest BCUT2D eigenvalue weighted by atomic mass is 9.90. The summed E-state index contributed by atoms with van der Waals surface area (Å²) in [6.07, 6.45) is 12.2. The normalized spacial score (nSPS) is 12.0. The summed E-state index contributed by atoms with van der Waals surface area (Å²) >= 11 is 0. The third-order valence-electron chi connectivity index (χ3n) is 8.47. The number of anilines is 1. The van der Waals surface area contributed by atoms with E-state index in [1.165, 1.54) is 42.3 Å². The molecule has 0 bridgehead atoms. The number of aryl methyl sites for hydroxylation is 1. The molecule has 0 N–H and O–H groups in total. The van der Waals surface area contributed by atoms with E-state index in [0.29, 0.717) is 35.8 Å². The van der Waals surface area contributed by atoms with Gasteiger partial charge in [0.15, 0.2) is 11.5 Å². The zero-order valence-corrected chi connectivity index (χ0v) is 28.5. The minimum absolute atomic E-state index is 0.244. The third kappa shape index (κ3) is 9.70. The molecule has 0 aliphatic rings. The molecule has 2 aromatic carbocycles. The monoisotopic (exact) mass is 654 g/mol. The van der Waals surface area contributed by atoms with E-state index in [-0.39, 0.29) is 12.5 Å². The lowest BCUT2D eigenvalue weighted by molar-refractivity contribution is -0.148. The van der Waals surface area contributed by atoms with E-state index in [1.54, 1.807) is 38.6 Å². The number of rotatable bonds is 17. The van der Waals surface area contributed by atoms with Crippen molar-refractivity contribution in [2.75, 3.05) is 46.9 Å². The van der Waals surface area contributed by atoms with Crippen LogP contribution >= 0.6 is 0 Å². The van der Waals surface area contributed by atoms with Gasteiger partial charge in [-0.2, -0.15) is 0 Å². The molecular weight excluding hydrogens is 608 g/mol. The molecule has 0 spiro atoms. The number of carbonyl (C=O) groups excluding carboxylic acids is 2. The van der Waals surface area contributed by atoms with Crippen molar-refractivity contribution in [1.82, 2.24) is 14.9 Å². The summed E-state index contributed by atoms with van der Waals surface area (Å²) in [4.78, 5) is 38.9. The number of aromatic nitrogens is 2. The van der Waals surface area contributed by atoms with Crippen LogP contribution in [0.4, 0.5) is 10.5 Å². The molecule has 0 aliphatic heterocycles. The number of amides is 2. The van der Waals surface area contributed by atoms with Crippen LogP contribution in [-0.2, 0) is 22.4 Å². The van der Waals surface area contributed by atoms with Crippen LogP contribution in [0.3, 0.4) is 0 Å². The van der Waals surface area contributed by atoms with E-state index < -0.39 is 18.0 Å². The lowest BCUT2D eigenvalue weighted by Crippen LogP contribution is -2.49. The van der Waals surface area contributed by atoms with Gasteiger partial charge in [-0.1, -0.05) is 42.5 Å². The van der Waals surface area contributed by atoms with Gasteiger partial charge in [-0.15, -0.1) is 0 Å². The summed E-state index contributed by atoms with van der Waals surface area (Å²) in [5.41, 5.74) is 3.82. The average Bonchev–Trinajstić information content (AvgIpc) is 3.14. The molecular formula is C38H46N4O6. The third-order valence-corrected chi connectivity index (χ3v) is 8.47. The molecule has 2 heterocycles. The molecule has 0 saturated heterocycles. The second-order valence-electron chi connectivity index (χ2n) is 11.6. The molecule has 2 atom stereocenters. The van der Waals surface area contributed by atoms with E-state index in [2.05, 4.69) is 22.1 Å². The Morgan fingerprint density at radius 3 is 2.02 bits per heavy atom. The fourth-order valence-corrected chi connectivity index (χ4v) is 5.75. The van der Waals surface area contributed by atoms with Gasteiger partial charge < -0.3 is 23.8 Å². The Bertz CT molecular complexity index is 1550. The predicted octanol–water partition coefficient (Wildman–Crippen LogP) is 6.73. The summed E-state index contributed by atoms with van der Waals surface area (Å²) in [5, 5.41) is 0. The van der Waals surface area contributed by atoms with Gasteiger partial charge in [0, 0.05) is 57.4 Å². The van der Waals surface area contributed by atoms with E-state index >= 15 is 0 Å². The fraction of sp³-hybridized carbons (Fsp3) is 0.368. The molecule has 10 nitrogen and oxygen atoms in total. The number of carbonyl (C=O) groups is 2. The first-order valence-corrected chi connectivity index (χ1v) is 16.2. The minimum atomic E-state index is -0.849. The number of nitrogens with zero attached hydrogens (tertiary/aromatic N) is 4.